The van der Waals surface area contributed by atoms with E-state index in [0.717, 1.165) is 13.0 Å². The van der Waals surface area contributed by atoms with Crippen LogP contribution in [0.1, 0.15) is 33.0 Å². The third-order valence-corrected chi connectivity index (χ3v) is 6.22. The van der Waals surface area contributed by atoms with Crippen molar-refractivity contribution >= 4 is 26.0 Å². The molecule has 0 bridgehead atoms. The van der Waals surface area contributed by atoms with Gasteiger partial charge in [-0.15, -0.1) is 0 Å². The molecule has 5 nitrogen and oxygen atoms in total. The molecule has 20 heavy (non-hydrogen) atoms. The van der Waals surface area contributed by atoms with Crippen LogP contribution in [0.4, 0.5) is 0 Å². The Bertz CT molecular complexity index is 580. The van der Waals surface area contributed by atoms with Crippen LogP contribution in [0.3, 0.4) is 0 Å². The van der Waals surface area contributed by atoms with E-state index in [1.54, 1.807) is 10.4 Å². The SMILES string of the molecule is CCNCc1cc(S(=O)(=O)N2CCC(C)(C)C2)c(Br)o1. The van der Waals surface area contributed by atoms with Gasteiger partial charge in [0.2, 0.25) is 10.0 Å². The number of rotatable bonds is 5. The van der Waals surface area contributed by atoms with Crippen LogP contribution in [0.25, 0.3) is 0 Å². The van der Waals surface area contributed by atoms with Crippen LogP contribution >= 0.6 is 15.9 Å². The first-order chi connectivity index (χ1) is 9.26. The molecule has 0 amide bonds. The van der Waals surface area contributed by atoms with Gasteiger partial charge in [0.05, 0.1) is 6.54 Å². The zero-order valence-electron chi connectivity index (χ0n) is 12.1. The van der Waals surface area contributed by atoms with Crippen molar-refractivity contribution in [3.8, 4) is 0 Å². The van der Waals surface area contributed by atoms with Crippen LogP contribution in [0.2, 0.25) is 0 Å². The predicted molar refractivity (Wildman–Crippen MR) is 80.9 cm³/mol. The lowest BCUT2D eigenvalue weighted by Crippen LogP contribution is -2.30. The fourth-order valence-electron chi connectivity index (χ4n) is 2.32. The molecule has 0 unspecified atom stereocenters. The number of furan rings is 1. The summed E-state index contributed by atoms with van der Waals surface area (Å²) in [4.78, 5) is 0.225. The van der Waals surface area contributed by atoms with Crippen molar-refractivity contribution in [2.24, 2.45) is 5.41 Å². The lowest BCUT2D eigenvalue weighted by Gasteiger charge is -2.19. The molecule has 114 valence electrons. The molecule has 1 aliphatic heterocycles. The van der Waals surface area contributed by atoms with Crippen molar-refractivity contribution < 1.29 is 12.8 Å². The second-order valence-corrected chi connectivity index (χ2v) is 8.51. The highest BCUT2D eigenvalue weighted by molar-refractivity contribution is 9.10. The Balaban J connectivity index is 2.24. The fraction of sp³-hybridized carbons (Fsp3) is 0.692. The lowest BCUT2D eigenvalue weighted by atomic mass is 9.93. The molecule has 0 spiro atoms. The molecule has 0 aromatic carbocycles. The molecule has 2 heterocycles. The van der Waals surface area contributed by atoms with Gasteiger partial charge in [-0.2, -0.15) is 4.31 Å². The Morgan fingerprint density at radius 1 is 1.50 bits per heavy atom. The first-order valence-corrected chi connectivity index (χ1v) is 8.99. The molecule has 1 N–H and O–H groups in total. The van der Waals surface area contributed by atoms with Crippen LogP contribution in [-0.4, -0.2) is 32.4 Å². The van der Waals surface area contributed by atoms with E-state index in [0.29, 0.717) is 25.4 Å². The van der Waals surface area contributed by atoms with E-state index in [-0.39, 0.29) is 15.0 Å². The summed E-state index contributed by atoms with van der Waals surface area (Å²) in [7, 11) is -3.48. The second-order valence-electron chi connectivity index (χ2n) is 5.88. The third-order valence-electron chi connectivity index (χ3n) is 3.52. The summed E-state index contributed by atoms with van der Waals surface area (Å²) in [5.74, 6) is 0.621. The van der Waals surface area contributed by atoms with Gasteiger partial charge in [-0.1, -0.05) is 20.8 Å². The van der Waals surface area contributed by atoms with Gasteiger partial charge in [-0.05, 0) is 34.3 Å². The normalized spacial score (nSPS) is 19.6. The van der Waals surface area contributed by atoms with Crippen LogP contribution in [0.15, 0.2) is 20.0 Å². The van der Waals surface area contributed by atoms with Crippen molar-refractivity contribution in [3.05, 3.63) is 16.5 Å². The number of hydrogen-bond donors (Lipinski definition) is 1. The highest BCUT2D eigenvalue weighted by atomic mass is 79.9. The van der Waals surface area contributed by atoms with E-state index < -0.39 is 10.0 Å². The number of sulfonamides is 1. The average molecular weight is 365 g/mol. The van der Waals surface area contributed by atoms with E-state index >= 15 is 0 Å². The summed E-state index contributed by atoms with van der Waals surface area (Å²) >= 11 is 3.22. The van der Waals surface area contributed by atoms with Gasteiger partial charge >= 0.3 is 0 Å². The van der Waals surface area contributed by atoms with E-state index in [1.807, 2.05) is 6.92 Å². The third kappa shape index (κ3) is 3.27. The maximum atomic E-state index is 12.6. The molecule has 0 saturated carbocycles. The molecular weight excluding hydrogens is 344 g/mol. The van der Waals surface area contributed by atoms with Crippen LogP contribution in [-0.2, 0) is 16.6 Å². The van der Waals surface area contributed by atoms with E-state index in [2.05, 4.69) is 35.1 Å². The Labute approximate surface area is 128 Å². The predicted octanol–water partition coefficient (Wildman–Crippen LogP) is 2.57. The molecule has 2 rings (SSSR count). The smallest absolute Gasteiger partial charge is 0.247 e. The fourth-order valence-corrected chi connectivity index (χ4v) is 4.91. The van der Waals surface area contributed by atoms with Crippen LogP contribution in [0.5, 0.6) is 0 Å². The summed E-state index contributed by atoms with van der Waals surface area (Å²) < 4.78 is 32.6. The summed E-state index contributed by atoms with van der Waals surface area (Å²) in [5, 5.41) is 3.12. The van der Waals surface area contributed by atoms with Gasteiger partial charge in [0.1, 0.15) is 10.7 Å². The number of nitrogens with zero attached hydrogens (tertiary/aromatic N) is 1. The van der Waals surface area contributed by atoms with Gasteiger partial charge in [0.25, 0.3) is 0 Å². The van der Waals surface area contributed by atoms with Crippen molar-refractivity contribution in [3.63, 3.8) is 0 Å². The van der Waals surface area contributed by atoms with Crippen molar-refractivity contribution in [1.29, 1.82) is 0 Å². The second kappa shape index (κ2) is 5.79. The molecule has 1 fully saturated rings. The number of nitrogens with one attached hydrogen (secondary N) is 1. The first-order valence-electron chi connectivity index (χ1n) is 6.75. The van der Waals surface area contributed by atoms with Crippen LogP contribution in [0, 0.1) is 5.41 Å². The lowest BCUT2D eigenvalue weighted by molar-refractivity contribution is 0.375. The first kappa shape index (κ1) is 16.0. The maximum Gasteiger partial charge on any atom is 0.247 e. The molecule has 0 aliphatic carbocycles. The Morgan fingerprint density at radius 3 is 2.75 bits per heavy atom. The summed E-state index contributed by atoms with van der Waals surface area (Å²) in [6.07, 6.45) is 0.881. The molecule has 1 aromatic rings. The van der Waals surface area contributed by atoms with Crippen molar-refractivity contribution in [2.45, 2.75) is 38.6 Å². The summed E-state index contributed by atoms with van der Waals surface area (Å²) in [6, 6.07) is 1.60. The Kier molecular flexibility index (Phi) is 4.63. The van der Waals surface area contributed by atoms with Gasteiger partial charge < -0.3 is 9.73 Å². The maximum absolute atomic E-state index is 12.6. The summed E-state index contributed by atoms with van der Waals surface area (Å²) in [6.45, 7) is 8.61. The molecule has 7 heteroatoms. The van der Waals surface area contributed by atoms with E-state index in [1.165, 1.54) is 0 Å². The van der Waals surface area contributed by atoms with Crippen molar-refractivity contribution in [2.75, 3.05) is 19.6 Å². The van der Waals surface area contributed by atoms with Gasteiger partial charge in [-0.3, -0.25) is 0 Å². The molecule has 1 aromatic heterocycles. The minimum Gasteiger partial charge on any atom is -0.452 e. The molecule has 0 radical (unpaired) electrons. The molecule has 1 saturated heterocycles. The van der Waals surface area contributed by atoms with E-state index in [9.17, 15) is 8.42 Å². The highest BCUT2D eigenvalue weighted by Gasteiger charge is 2.38. The standard InChI is InChI=1S/C13H21BrN2O3S/c1-4-15-8-10-7-11(12(14)19-10)20(17,18)16-6-5-13(2,3)9-16/h7,15H,4-6,8-9H2,1-3H3. The Hall–Kier alpha value is -0.370. The molecule has 1 aliphatic rings. The molecular formula is C13H21BrN2O3S. The quantitative estimate of drug-likeness (QED) is 0.871. The molecule has 0 atom stereocenters. The number of halogens is 1. The monoisotopic (exact) mass is 364 g/mol. The van der Waals surface area contributed by atoms with Gasteiger partial charge in [0.15, 0.2) is 4.67 Å². The highest BCUT2D eigenvalue weighted by Crippen LogP contribution is 2.35. The minimum absolute atomic E-state index is 0.0376. The number of hydrogen-bond acceptors (Lipinski definition) is 4. The topological polar surface area (TPSA) is 62.6 Å². The van der Waals surface area contributed by atoms with Gasteiger partial charge in [0, 0.05) is 19.2 Å². The minimum atomic E-state index is -3.48. The largest absolute Gasteiger partial charge is 0.452 e. The summed E-state index contributed by atoms with van der Waals surface area (Å²) in [5.41, 5.74) is 0.0376. The zero-order valence-corrected chi connectivity index (χ0v) is 14.5. The van der Waals surface area contributed by atoms with Crippen molar-refractivity contribution in [1.82, 2.24) is 9.62 Å². The van der Waals surface area contributed by atoms with E-state index in [4.69, 9.17) is 4.42 Å². The average Bonchev–Trinajstić information content (AvgIpc) is 2.90. The zero-order chi connectivity index (χ0) is 15.0. The van der Waals surface area contributed by atoms with Crippen LogP contribution < -0.4 is 5.32 Å². The Morgan fingerprint density at radius 2 is 2.20 bits per heavy atom. The van der Waals surface area contributed by atoms with Gasteiger partial charge in [-0.25, -0.2) is 8.42 Å².